The van der Waals surface area contributed by atoms with Crippen molar-refractivity contribution >= 4 is 10.0 Å². The molecule has 1 aromatic rings. The zero-order valence-electron chi connectivity index (χ0n) is 10.6. The van der Waals surface area contributed by atoms with Crippen LogP contribution in [-0.2, 0) is 10.0 Å². The quantitative estimate of drug-likeness (QED) is 0.877. The van der Waals surface area contributed by atoms with Crippen molar-refractivity contribution in [3.8, 4) is 5.75 Å². The highest BCUT2D eigenvalue weighted by Crippen LogP contribution is 2.21. The third kappa shape index (κ3) is 2.66. The van der Waals surface area contributed by atoms with E-state index in [2.05, 4.69) is 5.32 Å². The van der Waals surface area contributed by atoms with E-state index < -0.39 is 10.0 Å². The van der Waals surface area contributed by atoms with Crippen LogP contribution in [0.1, 0.15) is 6.92 Å². The van der Waals surface area contributed by atoms with Crippen molar-refractivity contribution in [3.63, 3.8) is 0 Å². The minimum absolute atomic E-state index is 0.180. The van der Waals surface area contributed by atoms with Gasteiger partial charge < -0.3 is 10.1 Å². The molecule has 0 bridgehead atoms. The second-order valence-corrected chi connectivity index (χ2v) is 6.34. The highest BCUT2D eigenvalue weighted by Gasteiger charge is 2.28. The van der Waals surface area contributed by atoms with Crippen LogP contribution >= 0.6 is 0 Å². The van der Waals surface area contributed by atoms with Crippen LogP contribution in [0.5, 0.6) is 5.75 Å². The Bertz CT molecular complexity index is 516. The molecule has 0 radical (unpaired) electrons. The van der Waals surface area contributed by atoms with Gasteiger partial charge in [-0.25, -0.2) is 8.42 Å². The fraction of sp³-hybridized carbons (Fsp3) is 0.500. The molecule has 1 aliphatic heterocycles. The summed E-state index contributed by atoms with van der Waals surface area (Å²) in [6.45, 7) is 3.67. The SMILES string of the molecule is COc1cccc(S(=O)(=O)N2CCN[C@H](C)C2)c1. The van der Waals surface area contributed by atoms with Crippen LogP contribution in [0.4, 0.5) is 0 Å². The molecule has 18 heavy (non-hydrogen) atoms. The first-order valence-corrected chi connectivity index (χ1v) is 7.35. The van der Waals surface area contributed by atoms with Crippen molar-refractivity contribution in [2.45, 2.75) is 17.9 Å². The maximum Gasteiger partial charge on any atom is 0.243 e. The van der Waals surface area contributed by atoms with Gasteiger partial charge in [0, 0.05) is 31.7 Å². The van der Waals surface area contributed by atoms with E-state index >= 15 is 0 Å². The number of nitrogens with one attached hydrogen (secondary N) is 1. The predicted molar refractivity (Wildman–Crippen MR) is 69.2 cm³/mol. The summed E-state index contributed by atoms with van der Waals surface area (Å²) in [6.07, 6.45) is 0. The number of piperazine rings is 1. The summed E-state index contributed by atoms with van der Waals surface area (Å²) >= 11 is 0. The second-order valence-electron chi connectivity index (χ2n) is 4.40. The number of benzene rings is 1. The minimum Gasteiger partial charge on any atom is -0.497 e. The summed E-state index contributed by atoms with van der Waals surface area (Å²) in [5.74, 6) is 0.555. The van der Waals surface area contributed by atoms with Gasteiger partial charge in [0.2, 0.25) is 10.0 Å². The van der Waals surface area contributed by atoms with Crippen LogP contribution in [0, 0.1) is 0 Å². The van der Waals surface area contributed by atoms with E-state index in [1.165, 1.54) is 11.4 Å². The van der Waals surface area contributed by atoms with Crippen molar-refractivity contribution in [2.24, 2.45) is 0 Å². The van der Waals surface area contributed by atoms with Gasteiger partial charge in [-0.15, -0.1) is 0 Å². The van der Waals surface area contributed by atoms with Crippen LogP contribution < -0.4 is 10.1 Å². The lowest BCUT2D eigenvalue weighted by atomic mass is 10.3. The van der Waals surface area contributed by atoms with Crippen LogP contribution in [-0.4, -0.2) is 45.5 Å². The lowest BCUT2D eigenvalue weighted by Crippen LogP contribution is -2.51. The fourth-order valence-corrected chi connectivity index (χ4v) is 3.59. The number of hydrogen-bond acceptors (Lipinski definition) is 4. The van der Waals surface area contributed by atoms with Gasteiger partial charge in [0.05, 0.1) is 12.0 Å². The Hall–Kier alpha value is -1.11. The van der Waals surface area contributed by atoms with E-state index in [-0.39, 0.29) is 10.9 Å². The highest BCUT2D eigenvalue weighted by atomic mass is 32.2. The number of sulfonamides is 1. The summed E-state index contributed by atoms with van der Waals surface area (Å²) in [7, 11) is -1.89. The van der Waals surface area contributed by atoms with Crippen LogP contribution in [0.2, 0.25) is 0 Å². The maximum atomic E-state index is 12.4. The molecule has 0 unspecified atom stereocenters. The summed E-state index contributed by atoms with van der Waals surface area (Å²) in [4.78, 5) is 0.288. The summed E-state index contributed by atoms with van der Waals surface area (Å²) in [6, 6.07) is 6.77. The second kappa shape index (κ2) is 5.26. The van der Waals surface area contributed by atoms with Crippen molar-refractivity contribution in [1.29, 1.82) is 0 Å². The Morgan fingerprint density at radius 3 is 2.89 bits per heavy atom. The normalized spacial score (nSPS) is 21.8. The zero-order chi connectivity index (χ0) is 13.2. The average molecular weight is 270 g/mol. The largest absolute Gasteiger partial charge is 0.497 e. The molecule has 1 saturated heterocycles. The molecule has 0 amide bonds. The number of hydrogen-bond donors (Lipinski definition) is 1. The molecule has 100 valence electrons. The van der Waals surface area contributed by atoms with Gasteiger partial charge in [0.15, 0.2) is 0 Å². The van der Waals surface area contributed by atoms with E-state index in [9.17, 15) is 8.42 Å². The van der Waals surface area contributed by atoms with E-state index in [0.29, 0.717) is 25.4 Å². The fourth-order valence-electron chi connectivity index (χ4n) is 2.03. The van der Waals surface area contributed by atoms with Gasteiger partial charge in [-0.3, -0.25) is 0 Å². The van der Waals surface area contributed by atoms with E-state index in [1.807, 2.05) is 6.92 Å². The summed E-state index contributed by atoms with van der Waals surface area (Å²) in [5.41, 5.74) is 0. The zero-order valence-corrected chi connectivity index (χ0v) is 11.4. The first-order valence-electron chi connectivity index (χ1n) is 5.91. The van der Waals surface area contributed by atoms with Gasteiger partial charge in [-0.05, 0) is 19.1 Å². The molecule has 1 aromatic carbocycles. The molecule has 5 nitrogen and oxygen atoms in total. The lowest BCUT2D eigenvalue weighted by Gasteiger charge is -2.31. The first kappa shape index (κ1) is 13.3. The number of rotatable bonds is 3. The van der Waals surface area contributed by atoms with Crippen molar-refractivity contribution in [3.05, 3.63) is 24.3 Å². The molecule has 0 aliphatic carbocycles. The Labute approximate surface area is 108 Å². The molecule has 1 atom stereocenters. The molecule has 2 rings (SSSR count). The Morgan fingerprint density at radius 1 is 1.44 bits per heavy atom. The first-order chi connectivity index (χ1) is 8.54. The Kier molecular flexibility index (Phi) is 3.89. The molecular formula is C12H18N2O3S. The van der Waals surface area contributed by atoms with Gasteiger partial charge in [0.25, 0.3) is 0 Å². The van der Waals surface area contributed by atoms with Crippen LogP contribution in [0.15, 0.2) is 29.2 Å². The monoisotopic (exact) mass is 270 g/mol. The lowest BCUT2D eigenvalue weighted by molar-refractivity contribution is 0.310. The van der Waals surface area contributed by atoms with Crippen molar-refractivity contribution in [2.75, 3.05) is 26.7 Å². The molecule has 0 saturated carbocycles. The third-order valence-corrected chi connectivity index (χ3v) is 4.87. The van der Waals surface area contributed by atoms with E-state index in [0.717, 1.165) is 0 Å². The van der Waals surface area contributed by atoms with Crippen LogP contribution in [0.25, 0.3) is 0 Å². The number of methoxy groups -OCH3 is 1. The van der Waals surface area contributed by atoms with E-state index in [1.54, 1.807) is 24.3 Å². The summed E-state index contributed by atoms with van der Waals surface area (Å²) < 4.78 is 31.5. The van der Waals surface area contributed by atoms with Crippen molar-refractivity contribution < 1.29 is 13.2 Å². The molecular weight excluding hydrogens is 252 g/mol. The molecule has 1 aliphatic rings. The average Bonchev–Trinajstić information content (AvgIpc) is 2.39. The molecule has 1 heterocycles. The van der Waals surface area contributed by atoms with E-state index in [4.69, 9.17) is 4.74 Å². The van der Waals surface area contributed by atoms with Gasteiger partial charge in [-0.2, -0.15) is 4.31 Å². The summed E-state index contributed by atoms with van der Waals surface area (Å²) in [5, 5.41) is 3.23. The van der Waals surface area contributed by atoms with Gasteiger partial charge in [-0.1, -0.05) is 6.07 Å². The Morgan fingerprint density at radius 2 is 2.22 bits per heavy atom. The number of nitrogens with zero attached hydrogens (tertiary/aromatic N) is 1. The Balaban J connectivity index is 2.29. The van der Waals surface area contributed by atoms with Gasteiger partial charge >= 0.3 is 0 Å². The third-order valence-electron chi connectivity index (χ3n) is 3.01. The smallest absolute Gasteiger partial charge is 0.243 e. The molecule has 1 fully saturated rings. The molecule has 1 N–H and O–H groups in total. The van der Waals surface area contributed by atoms with Crippen LogP contribution in [0.3, 0.4) is 0 Å². The predicted octanol–water partition coefficient (Wildman–Crippen LogP) is 0.678. The maximum absolute atomic E-state index is 12.4. The molecule has 6 heteroatoms. The van der Waals surface area contributed by atoms with Crippen molar-refractivity contribution in [1.82, 2.24) is 9.62 Å². The number of ether oxygens (including phenoxy) is 1. The van der Waals surface area contributed by atoms with Gasteiger partial charge in [0.1, 0.15) is 5.75 Å². The highest BCUT2D eigenvalue weighted by molar-refractivity contribution is 7.89. The standard InChI is InChI=1S/C12H18N2O3S/c1-10-9-14(7-6-13-10)18(15,16)12-5-3-4-11(8-12)17-2/h3-5,8,10,13H,6-7,9H2,1-2H3/t10-/m1/s1. The minimum atomic E-state index is -3.41. The molecule has 0 spiro atoms. The topological polar surface area (TPSA) is 58.6 Å². The molecule has 0 aromatic heterocycles.